The Kier molecular flexibility index (Phi) is 4.72. The van der Waals surface area contributed by atoms with Crippen LogP contribution < -0.4 is 4.90 Å². The molecule has 0 unspecified atom stereocenters. The number of carbonyl (C=O) groups is 2. The van der Waals surface area contributed by atoms with Gasteiger partial charge < -0.3 is 14.2 Å². The van der Waals surface area contributed by atoms with Gasteiger partial charge in [0.2, 0.25) is 5.60 Å². The highest BCUT2D eigenvalue weighted by Crippen LogP contribution is 2.64. The summed E-state index contributed by atoms with van der Waals surface area (Å²) in [6.45, 7) is 3.40. The third kappa shape index (κ3) is 2.57. The summed E-state index contributed by atoms with van der Waals surface area (Å²) >= 11 is 1.44. The van der Waals surface area contributed by atoms with E-state index in [0.717, 1.165) is 11.3 Å². The van der Waals surface area contributed by atoms with Gasteiger partial charge in [-0.2, -0.15) is 0 Å². The summed E-state index contributed by atoms with van der Waals surface area (Å²) in [5.41, 5.74) is 0.00428. The molecule has 6 nitrogen and oxygen atoms in total. The SMILES string of the molecule is COC(=O)[C@@H]1OC(C)(C)O[C@@]12C(=O)N(c1ccccc1)[C@@]2(SC)c1ccccc1. The summed E-state index contributed by atoms with van der Waals surface area (Å²) in [6, 6.07) is 19.0. The third-order valence-electron chi connectivity index (χ3n) is 5.41. The molecule has 2 aromatic rings. The fourth-order valence-corrected chi connectivity index (χ4v) is 5.65. The normalized spacial score (nSPS) is 30.3. The molecule has 2 aromatic carbocycles. The zero-order chi connectivity index (χ0) is 20.9. The van der Waals surface area contributed by atoms with Gasteiger partial charge in [-0.3, -0.25) is 9.69 Å². The number of para-hydroxylation sites is 1. The molecule has 29 heavy (non-hydrogen) atoms. The van der Waals surface area contributed by atoms with Crippen molar-refractivity contribution < 1.29 is 23.8 Å². The van der Waals surface area contributed by atoms with Gasteiger partial charge in [-0.25, -0.2) is 4.79 Å². The molecule has 0 N–H and O–H groups in total. The number of esters is 1. The molecular weight excluding hydrogens is 390 g/mol. The van der Waals surface area contributed by atoms with E-state index in [4.69, 9.17) is 14.2 Å². The van der Waals surface area contributed by atoms with E-state index in [0.29, 0.717) is 0 Å². The van der Waals surface area contributed by atoms with Gasteiger partial charge in [0, 0.05) is 5.69 Å². The van der Waals surface area contributed by atoms with Crippen LogP contribution in [0, 0.1) is 0 Å². The minimum absolute atomic E-state index is 0.331. The molecule has 1 amide bonds. The van der Waals surface area contributed by atoms with Crippen molar-refractivity contribution in [2.24, 2.45) is 0 Å². The minimum Gasteiger partial charge on any atom is -0.467 e. The van der Waals surface area contributed by atoms with Crippen molar-refractivity contribution in [3.05, 3.63) is 66.2 Å². The highest BCUT2D eigenvalue weighted by atomic mass is 32.2. The molecule has 1 spiro atoms. The highest BCUT2D eigenvalue weighted by Gasteiger charge is 2.82. The van der Waals surface area contributed by atoms with E-state index in [1.165, 1.54) is 18.9 Å². The lowest BCUT2D eigenvalue weighted by Crippen LogP contribution is -2.83. The zero-order valence-electron chi connectivity index (χ0n) is 16.7. The summed E-state index contributed by atoms with van der Waals surface area (Å²) in [7, 11) is 1.28. The first-order valence-corrected chi connectivity index (χ1v) is 10.5. The van der Waals surface area contributed by atoms with Crippen LogP contribution in [0.25, 0.3) is 0 Å². The number of anilines is 1. The van der Waals surface area contributed by atoms with E-state index in [2.05, 4.69) is 0 Å². The van der Waals surface area contributed by atoms with Crippen molar-refractivity contribution in [3.63, 3.8) is 0 Å². The second-order valence-electron chi connectivity index (χ2n) is 7.45. The lowest BCUT2D eigenvalue weighted by Gasteiger charge is -2.62. The summed E-state index contributed by atoms with van der Waals surface area (Å²) in [5, 5.41) is 0. The summed E-state index contributed by atoms with van der Waals surface area (Å²) in [6.07, 6.45) is 0.711. The maximum atomic E-state index is 13.8. The van der Waals surface area contributed by atoms with Gasteiger partial charge in [-0.1, -0.05) is 48.5 Å². The highest BCUT2D eigenvalue weighted by molar-refractivity contribution is 8.00. The van der Waals surface area contributed by atoms with Crippen LogP contribution >= 0.6 is 11.8 Å². The van der Waals surface area contributed by atoms with E-state index in [-0.39, 0.29) is 5.91 Å². The Morgan fingerprint density at radius 2 is 1.66 bits per heavy atom. The predicted molar refractivity (Wildman–Crippen MR) is 110 cm³/mol. The van der Waals surface area contributed by atoms with Gasteiger partial charge >= 0.3 is 5.97 Å². The number of nitrogens with zero attached hydrogens (tertiary/aromatic N) is 1. The van der Waals surface area contributed by atoms with Gasteiger partial charge in [0.25, 0.3) is 5.91 Å². The number of methoxy groups -OCH3 is 1. The van der Waals surface area contributed by atoms with Crippen LogP contribution in [-0.4, -0.2) is 42.7 Å². The Morgan fingerprint density at radius 1 is 1.07 bits per heavy atom. The molecule has 2 saturated heterocycles. The second kappa shape index (κ2) is 6.86. The Labute approximate surface area is 174 Å². The molecule has 0 aromatic heterocycles. The fraction of sp³-hybridized carbons (Fsp3) is 0.364. The summed E-state index contributed by atoms with van der Waals surface area (Å²) in [4.78, 5) is 27.2. The molecule has 0 radical (unpaired) electrons. The van der Waals surface area contributed by atoms with E-state index < -0.39 is 28.3 Å². The molecule has 0 saturated carbocycles. The first-order valence-electron chi connectivity index (χ1n) is 9.30. The number of amides is 1. The number of hydrogen-bond donors (Lipinski definition) is 0. The van der Waals surface area contributed by atoms with Crippen molar-refractivity contribution in [2.75, 3.05) is 18.3 Å². The quantitative estimate of drug-likeness (QED) is 0.566. The molecule has 2 fully saturated rings. The first-order chi connectivity index (χ1) is 13.8. The Morgan fingerprint density at radius 3 is 2.21 bits per heavy atom. The van der Waals surface area contributed by atoms with Crippen LogP contribution in [-0.2, 0) is 28.7 Å². The second-order valence-corrected chi connectivity index (χ2v) is 8.45. The van der Waals surface area contributed by atoms with Crippen LogP contribution in [0.15, 0.2) is 60.7 Å². The number of carbonyl (C=O) groups excluding carboxylic acids is 2. The van der Waals surface area contributed by atoms with Crippen LogP contribution in [0.3, 0.4) is 0 Å². The average molecular weight is 413 g/mol. The van der Waals surface area contributed by atoms with Gasteiger partial charge in [0.15, 0.2) is 16.8 Å². The Hall–Kier alpha value is -2.35. The summed E-state index contributed by atoms with van der Waals surface area (Å²) in [5.74, 6) is -2.10. The van der Waals surface area contributed by atoms with Gasteiger partial charge in [0.05, 0.1) is 7.11 Å². The maximum absolute atomic E-state index is 13.8. The number of β-lactam (4-membered cyclic amide) rings is 1. The van der Waals surface area contributed by atoms with Crippen molar-refractivity contribution in [1.29, 1.82) is 0 Å². The standard InChI is InChI=1S/C22H23NO5S/c1-20(2)27-17(18(24)26-3)21(28-20)19(25)23(16-13-9-6-10-14-16)22(21,29-4)15-11-7-5-8-12-15/h5-14,17H,1-4H3/t17-,21+,22+/m0/s1. The number of rotatable bonds is 4. The Bertz CT molecular complexity index is 935. The van der Waals surface area contributed by atoms with E-state index in [9.17, 15) is 9.59 Å². The monoisotopic (exact) mass is 413 g/mol. The lowest BCUT2D eigenvalue weighted by molar-refractivity contribution is -0.193. The van der Waals surface area contributed by atoms with Crippen LogP contribution in [0.5, 0.6) is 0 Å². The van der Waals surface area contributed by atoms with Gasteiger partial charge in [0.1, 0.15) is 0 Å². The molecule has 3 atom stereocenters. The minimum atomic E-state index is -1.56. The third-order valence-corrected chi connectivity index (χ3v) is 6.72. The number of ether oxygens (including phenoxy) is 3. The number of benzene rings is 2. The fourth-order valence-electron chi connectivity index (χ4n) is 4.37. The number of hydrogen-bond acceptors (Lipinski definition) is 6. The van der Waals surface area contributed by atoms with Gasteiger partial charge in [-0.15, -0.1) is 11.8 Å². The Balaban J connectivity index is 1.98. The average Bonchev–Trinajstić information content (AvgIpc) is 3.06. The zero-order valence-corrected chi connectivity index (χ0v) is 17.6. The van der Waals surface area contributed by atoms with Crippen LogP contribution in [0.2, 0.25) is 0 Å². The molecule has 152 valence electrons. The smallest absolute Gasteiger partial charge is 0.338 e. The van der Waals surface area contributed by atoms with Crippen molar-refractivity contribution >= 4 is 29.3 Å². The molecule has 0 bridgehead atoms. The van der Waals surface area contributed by atoms with Crippen LogP contribution in [0.4, 0.5) is 5.69 Å². The largest absolute Gasteiger partial charge is 0.467 e. The van der Waals surface area contributed by atoms with Crippen molar-refractivity contribution in [3.8, 4) is 0 Å². The van der Waals surface area contributed by atoms with E-state index in [1.54, 1.807) is 18.7 Å². The van der Waals surface area contributed by atoms with Crippen molar-refractivity contribution in [2.45, 2.75) is 36.2 Å². The molecule has 7 heteroatoms. The van der Waals surface area contributed by atoms with Crippen LogP contribution in [0.1, 0.15) is 19.4 Å². The van der Waals surface area contributed by atoms with Gasteiger partial charge in [-0.05, 0) is 37.8 Å². The maximum Gasteiger partial charge on any atom is 0.338 e. The predicted octanol–water partition coefficient (Wildman–Crippen LogP) is 3.31. The molecule has 2 aliphatic rings. The number of thioether (sulfide) groups is 1. The molecular formula is C22H23NO5S. The van der Waals surface area contributed by atoms with E-state index >= 15 is 0 Å². The topological polar surface area (TPSA) is 65.1 Å². The van der Waals surface area contributed by atoms with Crippen molar-refractivity contribution in [1.82, 2.24) is 0 Å². The van der Waals surface area contributed by atoms with E-state index in [1.807, 2.05) is 66.9 Å². The molecule has 2 aliphatic heterocycles. The lowest BCUT2D eigenvalue weighted by atomic mass is 9.72. The molecule has 4 rings (SSSR count). The molecule has 0 aliphatic carbocycles. The molecule has 2 heterocycles. The first kappa shape index (κ1) is 19.9. The summed E-state index contributed by atoms with van der Waals surface area (Å²) < 4.78 is 17.2.